The van der Waals surface area contributed by atoms with Crippen LogP contribution in [0.3, 0.4) is 0 Å². The predicted molar refractivity (Wildman–Crippen MR) is 224 cm³/mol. The third-order valence-electron chi connectivity index (χ3n) is 10.7. The minimum absolute atomic E-state index is 0.00746. The van der Waals surface area contributed by atoms with E-state index in [1.54, 1.807) is 31.2 Å². The van der Waals surface area contributed by atoms with Crippen LogP contribution in [0, 0.1) is 35.8 Å². The molecule has 1 heterocycles. The summed E-state index contributed by atoms with van der Waals surface area (Å²) >= 11 is 0. The molecular weight excluding hydrogens is 741 g/mol. The standard InChI is InChI=1S/C43H58N8O7/c1-6-33(44)27-56-28-36-24-32(31-10-7-11-31)25-43(58-36)57-21-9-19-45-42(52)12-8-20-50(4)35-16-14-34(15-17-35)46-49-39-23-30(3)38(26-41(39)55-5)48-47-37-18-13-29(2)22-40(37)51(53)54/h6,13-18,22-23,26,31-32,36,43H,7-12,19-21,24-25,27-28,44H2,1-5H3,(H,45,52)/b33-6-,48-47?,49-46?. The first-order valence-electron chi connectivity index (χ1n) is 20.1. The van der Waals surface area contributed by atoms with Crippen molar-refractivity contribution in [2.75, 3.05) is 52.0 Å². The summed E-state index contributed by atoms with van der Waals surface area (Å²) in [6.07, 6.45) is 9.28. The molecule has 0 bridgehead atoms. The number of carbonyl (C=O) groups is 1. The van der Waals surface area contributed by atoms with Gasteiger partial charge in [-0.15, -0.1) is 15.3 Å². The minimum atomic E-state index is -0.473. The van der Waals surface area contributed by atoms with Crippen molar-refractivity contribution in [1.29, 1.82) is 0 Å². The zero-order valence-corrected chi connectivity index (χ0v) is 34.4. The molecule has 3 aromatic rings. The SMILES string of the molecule is C/C=C(\N)COCC1CC(C2CCC2)CC(OCCCNC(=O)CCCN(C)c2ccc(N=Nc3cc(C)c(N=Nc4ccc(C)cc4[N+](=O)[O-])cc3OC)cc2)O1. The summed E-state index contributed by atoms with van der Waals surface area (Å²) in [5.74, 6) is 1.81. The van der Waals surface area contributed by atoms with E-state index in [0.717, 1.165) is 47.7 Å². The number of aryl methyl sites for hydroxylation is 2. The molecule has 58 heavy (non-hydrogen) atoms. The molecular formula is C43H58N8O7. The molecule has 3 N–H and O–H groups in total. The molecule has 2 fully saturated rings. The predicted octanol–water partition coefficient (Wildman–Crippen LogP) is 9.59. The van der Waals surface area contributed by atoms with Crippen LogP contribution in [0.15, 0.2) is 86.8 Å². The molecule has 1 saturated carbocycles. The fraction of sp³-hybridized carbons (Fsp3) is 0.512. The van der Waals surface area contributed by atoms with Crippen LogP contribution in [0.25, 0.3) is 0 Å². The maximum atomic E-state index is 12.6. The number of nitrogens with two attached hydrogens (primary N) is 1. The van der Waals surface area contributed by atoms with Gasteiger partial charge in [0.2, 0.25) is 5.91 Å². The average molecular weight is 799 g/mol. The monoisotopic (exact) mass is 798 g/mol. The van der Waals surface area contributed by atoms with E-state index in [4.69, 9.17) is 24.7 Å². The highest BCUT2D eigenvalue weighted by atomic mass is 16.7. The van der Waals surface area contributed by atoms with E-state index in [2.05, 4.69) is 30.7 Å². The third-order valence-corrected chi connectivity index (χ3v) is 10.7. The van der Waals surface area contributed by atoms with Gasteiger partial charge in [-0.2, -0.15) is 5.11 Å². The summed E-state index contributed by atoms with van der Waals surface area (Å²) in [6.45, 7) is 8.24. The molecule has 3 atom stereocenters. The van der Waals surface area contributed by atoms with Crippen molar-refractivity contribution in [1.82, 2.24) is 5.32 Å². The Bertz CT molecular complexity index is 1920. The second-order valence-corrected chi connectivity index (χ2v) is 15.1. The molecule has 1 amide bonds. The van der Waals surface area contributed by atoms with Crippen LogP contribution in [0.4, 0.5) is 34.1 Å². The average Bonchev–Trinajstić information content (AvgIpc) is 3.19. The van der Waals surface area contributed by atoms with Crippen LogP contribution in [0.2, 0.25) is 0 Å². The van der Waals surface area contributed by atoms with E-state index in [1.807, 2.05) is 51.2 Å². The number of anilines is 1. The first-order chi connectivity index (χ1) is 28.0. The molecule has 0 aromatic heterocycles. The number of amides is 1. The lowest BCUT2D eigenvalue weighted by atomic mass is 9.71. The van der Waals surface area contributed by atoms with Crippen LogP contribution in [0.5, 0.6) is 5.75 Å². The second-order valence-electron chi connectivity index (χ2n) is 15.1. The third kappa shape index (κ3) is 13.1. The van der Waals surface area contributed by atoms with Crippen molar-refractivity contribution >= 4 is 40.0 Å². The Hall–Kier alpha value is -5.25. The number of nitro benzene ring substituents is 1. The smallest absolute Gasteiger partial charge is 0.296 e. The Morgan fingerprint density at radius 1 is 1.00 bits per heavy atom. The van der Waals surface area contributed by atoms with Gasteiger partial charge in [-0.25, -0.2) is 0 Å². The second kappa shape index (κ2) is 22.0. The zero-order valence-electron chi connectivity index (χ0n) is 34.4. The van der Waals surface area contributed by atoms with Gasteiger partial charge in [-0.3, -0.25) is 14.9 Å². The van der Waals surface area contributed by atoms with Crippen LogP contribution in [-0.2, 0) is 19.0 Å². The molecule has 0 spiro atoms. The lowest BCUT2D eigenvalue weighted by Gasteiger charge is -2.42. The van der Waals surface area contributed by atoms with E-state index in [-0.39, 0.29) is 29.7 Å². The molecule has 312 valence electrons. The van der Waals surface area contributed by atoms with Gasteiger partial charge in [0.1, 0.15) is 11.4 Å². The van der Waals surface area contributed by atoms with Gasteiger partial charge >= 0.3 is 0 Å². The summed E-state index contributed by atoms with van der Waals surface area (Å²) in [6, 6.07) is 15.9. The summed E-state index contributed by atoms with van der Waals surface area (Å²) in [5, 5.41) is 31.7. The highest BCUT2D eigenvalue weighted by Gasteiger charge is 2.36. The van der Waals surface area contributed by atoms with Crippen LogP contribution >= 0.6 is 0 Å². The van der Waals surface area contributed by atoms with E-state index < -0.39 is 4.92 Å². The van der Waals surface area contributed by atoms with E-state index in [9.17, 15) is 14.9 Å². The summed E-state index contributed by atoms with van der Waals surface area (Å²) in [4.78, 5) is 25.7. The number of nitrogens with one attached hydrogen (secondary N) is 1. The molecule has 1 saturated heterocycles. The number of hydrogen-bond acceptors (Lipinski definition) is 13. The van der Waals surface area contributed by atoms with Gasteiger partial charge in [0.05, 0.1) is 49.3 Å². The van der Waals surface area contributed by atoms with Crippen molar-refractivity contribution in [3.05, 3.63) is 87.6 Å². The fourth-order valence-electron chi connectivity index (χ4n) is 6.99. The number of carbonyl (C=O) groups excluding carboxylic acids is 1. The topological polar surface area (TPSA) is 188 Å². The van der Waals surface area contributed by atoms with Gasteiger partial charge < -0.3 is 34.9 Å². The number of benzene rings is 3. The van der Waals surface area contributed by atoms with E-state index >= 15 is 0 Å². The van der Waals surface area contributed by atoms with Gasteiger partial charge in [0, 0.05) is 56.5 Å². The number of azo groups is 2. The maximum absolute atomic E-state index is 12.6. The first kappa shape index (κ1) is 43.9. The molecule has 5 rings (SSSR count). The highest BCUT2D eigenvalue weighted by molar-refractivity contribution is 5.75. The van der Waals surface area contributed by atoms with Gasteiger partial charge in [-0.05, 0) is 99.4 Å². The molecule has 3 unspecified atom stereocenters. The number of nitrogens with zero attached hydrogens (tertiary/aromatic N) is 6. The zero-order chi connectivity index (χ0) is 41.4. The van der Waals surface area contributed by atoms with Crippen LogP contribution < -0.4 is 20.7 Å². The van der Waals surface area contributed by atoms with Crippen molar-refractivity contribution in [2.24, 2.45) is 38.0 Å². The largest absolute Gasteiger partial charge is 0.494 e. The summed E-state index contributed by atoms with van der Waals surface area (Å²) < 4.78 is 23.7. The Balaban J connectivity index is 1.01. The number of methoxy groups -OCH3 is 1. The molecule has 1 aliphatic heterocycles. The number of hydrogen-bond donors (Lipinski definition) is 2. The minimum Gasteiger partial charge on any atom is -0.494 e. The lowest BCUT2D eigenvalue weighted by molar-refractivity contribution is -0.384. The Kier molecular flexibility index (Phi) is 16.7. The molecule has 0 radical (unpaired) electrons. The number of ether oxygens (including phenoxy) is 4. The Morgan fingerprint density at radius 3 is 2.47 bits per heavy atom. The molecule has 2 aliphatic rings. The number of allylic oxidation sites excluding steroid dienone is 1. The quantitative estimate of drug-likeness (QED) is 0.0458. The van der Waals surface area contributed by atoms with Gasteiger partial charge in [0.25, 0.3) is 5.69 Å². The maximum Gasteiger partial charge on any atom is 0.296 e. The molecule has 15 nitrogen and oxygen atoms in total. The molecule has 3 aromatic carbocycles. The van der Waals surface area contributed by atoms with Crippen LogP contribution in [-0.4, -0.2) is 70.3 Å². The highest BCUT2D eigenvalue weighted by Crippen LogP contribution is 2.42. The number of nitro groups is 1. The number of rotatable bonds is 21. The van der Waals surface area contributed by atoms with E-state index in [0.29, 0.717) is 74.5 Å². The summed E-state index contributed by atoms with van der Waals surface area (Å²) in [7, 11) is 3.52. The molecule has 1 aliphatic carbocycles. The van der Waals surface area contributed by atoms with Crippen LogP contribution in [0.1, 0.15) is 69.4 Å². The normalized spacial score (nSPS) is 18.7. The molecule has 15 heteroatoms. The van der Waals surface area contributed by atoms with Crippen molar-refractivity contribution in [2.45, 2.75) is 84.5 Å². The van der Waals surface area contributed by atoms with Crippen molar-refractivity contribution in [3.63, 3.8) is 0 Å². The van der Waals surface area contributed by atoms with Gasteiger partial charge in [-0.1, -0.05) is 31.4 Å². The first-order valence-corrected chi connectivity index (χ1v) is 20.1. The van der Waals surface area contributed by atoms with Crippen molar-refractivity contribution in [3.8, 4) is 5.75 Å². The van der Waals surface area contributed by atoms with Gasteiger partial charge in [0.15, 0.2) is 12.0 Å². The van der Waals surface area contributed by atoms with E-state index in [1.165, 1.54) is 32.4 Å². The Morgan fingerprint density at radius 2 is 1.76 bits per heavy atom. The summed E-state index contributed by atoms with van der Waals surface area (Å²) in [5.41, 5.74) is 10.8. The lowest BCUT2D eigenvalue weighted by Crippen LogP contribution is -2.41. The van der Waals surface area contributed by atoms with Crippen molar-refractivity contribution < 1.29 is 28.7 Å². The fourth-order valence-corrected chi connectivity index (χ4v) is 6.99. The Labute approximate surface area is 341 Å².